The topological polar surface area (TPSA) is 74.5 Å². The summed E-state index contributed by atoms with van der Waals surface area (Å²) in [5.74, 6) is 0.741. The molecule has 1 fully saturated rings. The first-order valence-electron chi connectivity index (χ1n) is 7.46. The summed E-state index contributed by atoms with van der Waals surface area (Å²) in [5.41, 5.74) is 0. The molecular formula is C14H25N5O2. The zero-order valence-corrected chi connectivity index (χ0v) is 12.9. The Morgan fingerprint density at radius 1 is 1.38 bits per heavy atom. The van der Waals surface area contributed by atoms with Crippen molar-refractivity contribution < 1.29 is 9.90 Å². The number of carbonyl (C=O) groups is 1. The number of aliphatic hydroxyl groups is 1. The van der Waals surface area contributed by atoms with Crippen LogP contribution in [0.3, 0.4) is 0 Å². The number of nitrogens with zero attached hydrogens (tertiary/aromatic N) is 5. The average molecular weight is 295 g/mol. The van der Waals surface area contributed by atoms with Crippen molar-refractivity contribution in [1.82, 2.24) is 24.6 Å². The fourth-order valence-electron chi connectivity index (χ4n) is 2.92. The highest BCUT2D eigenvalue weighted by Gasteiger charge is 2.34. The van der Waals surface area contributed by atoms with Gasteiger partial charge in [0.15, 0.2) is 0 Å². The van der Waals surface area contributed by atoms with Gasteiger partial charge in [0.1, 0.15) is 12.7 Å². The Morgan fingerprint density at radius 3 is 2.76 bits per heavy atom. The third-order valence-corrected chi connectivity index (χ3v) is 4.01. The van der Waals surface area contributed by atoms with Crippen LogP contribution in [0.4, 0.5) is 0 Å². The summed E-state index contributed by atoms with van der Waals surface area (Å²) in [4.78, 5) is 20.1. The van der Waals surface area contributed by atoms with Crippen molar-refractivity contribution in [3.05, 3.63) is 12.7 Å². The molecule has 2 atom stereocenters. The Balaban J connectivity index is 1.77. The van der Waals surface area contributed by atoms with Crippen LogP contribution in [-0.2, 0) is 11.3 Å². The van der Waals surface area contributed by atoms with Crippen LogP contribution in [0.5, 0.6) is 0 Å². The fourth-order valence-corrected chi connectivity index (χ4v) is 2.92. The smallest absolute Gasteiger partial charge is 0.222 e. The molecule has 0 saturated carbocycles. The van der Waals surface area contributed by atoms with Gasteiger partial charge < -0.3 is 14.9 Å². The van der Waals surface area contributed by atoms with Gasteiger partial charge in [0.25, 0.3) is 0 Å². The highest BCUT2D eigenvalue weighted by atomic mass is 16.3. The predicted octanol–water partition coefficient (Wildman–Crippen LogP) is -0.313. The Kier molecular flexibility index (Phi) is 5.69. The van der Waals surface area contributed by atoms with Crippen LogP contribution in [0.2, 0.25) is 0 Å². The van der Waals surface area contributed by atoms with Gasteiger partial charge in [-0.2, -0.15) is 5.10 Å². The molecule has 1 saturated heterocycles. The Morgan fingerprint density at radius 2 is 2.14 bits per heavy atom. The van der Waals surface area contributed by atoms with E-state index in [1.54, 1.807) is 11.0 Å². The average Bonchev–Trinajstić information content (AvgIpc) is 3.07. The van der Waals surface area contributed by atoms with Gasteiger partial charge in [0.05, 0.1) is 0 Å². The van der Waals surface area contributed by atoms with Crippen molar-refractivity contribution in [3.63, 3.8) is 0 Å². The van der Waals surface area contributed by atoms with Crippen molar-refractivity contribution in [2.45, 2.75) is 19.4 Å². The van der Waals surface area contributed by atoms with Crippen LogP contribution in [-0.4, -0.2) is 75.9 Å². The summed E-state index contributed by atoms with van der Waals surface area (Å²) in [6.45, 7) is 3.21. The zero-order valence-electron chi connectivity index (χ0n) is 12.9. The molecule has 2 heterocycles. The van der Waals surface area contributed by atoms with Crippen molar-refractivity contribution in [3.8, 4) is 0 Å². The maximum atomic E-state index is 12.3. The number of carbonyl (C=O) groups excluding carboxylic acids is 1. The van der Waals surface area contributed by atoms with E-state index in [1.807, 2.05) is 19.0 Å². The molecule has 0 aromatic carbocycles. The minimum Gasteiger partial charge on any atom is -0.396 e. The van der Waals surface area contributed by atoms with E-state index in [1.165, 1.54) is 6.33 Å². The molecule has 118 valence electrons. The standard InChI is InChI=1S/C14H25N5O2/c1-17(2)6-12-7-18(8-13(12)9-20)14(21)4-3-5-19-11-15-10-16-19/h10-13,20H,3-9H2,1-2H3. The molecule has 1 amide bonds. The van der Waals surface area contributed by atoms with E-state index in [-0.39, 0.29) is 18.4 Å². The molecule has 7 heteroatoms. The normalized spacial score (nSPS) is 22.2. The van der Waals surface area contributed by atoms with Crippen LogP contribution in [0.1, 0.15) is 12.8 Å². The van der Waals surface area contributed by atoms with E-state index >= 15 is 0 Å². The lowest BCUT2D eigenvalue weighted by atomic mass is 9.97. The number of hydrogen-bond donors (Lipinski definition) is 1. The molecule has 1 aliphatic rings. The molecule has 0 radical (unpaired) electrons. The van der Waals surface area contributed by atoms with E-state index in [0.29, 0.717) is 25.4 Å². The summed E-state index contributed by atoms with van der Waals surface area (Å²) in [6, 6.07) is 0. The molecule has 1 N–H and O–H groups in total. The molecule has 1 aliphatic heterocycles. The number of likely N-dealkylation sites (tertiary alicyclic amines) is 1. The van der Waals surface area contributed by atoms with Gasteiger partial charge in [-0.15, -0.1) is 0 Å². The highest BCUT2D eigenvalue weighted by Crippen LogP contribution is 2.24. The summed E-state index contributed by atoms with van der Waals surface area (Å²) < 4.78 is 1.74. The Bertz CT molecular complexity index is 435. The summed E-state index contributed by atoms with van der Waals surface area (Å²) in [7, 11) is 4.05. The molecule has 2 unspecified atom stereocenters. The van der Waals surface area contributed by atoms with E-state index in [9.17, 15) is 9.90 Å². The van der Waals surface area contributed by atoms with Crippen molar-refractivity contribution in [2.24, 2.45) is 11.8 Å². The van der Waals surface area contributed by atoms with Gasteiger partial charge in [0.2, 0.25) is 5.91 Å². The Labute approximate surface area is 125 Å². The monoisotopic (exact) mass is 295 g/mol. The minimum absolute atomic E-state index is 0.154. The van der Waals surface area contributed by atoms with Gasteiger partial charge in [-0.05, 0) is 26.4 Å². The quantitative estimate of drug-likeness (QED) is 0.747. The van der Waals surface area contributed by atoms with E-state index in [0.717, 1.165) is 19.5 Å². The van der Waals surface area contributed by atoms with Crippen LogP contribution >= 0.6 is 0 Å². The third kappa shape index (κ3) is 4.50. The van der Waals surface area contributed by atoms with Crippen molar-refractivity contribution in [2.75, 3.05) is 40.3 Å². The lowest BCUT2D eigenvalue weighted by Gasteiger charge is -2.20. The van der Waals surface area contributed by atoms with Gasteiger partial charge >= 0.3 is 0 Å². The molecule has 7 nitrogen and oxygen atoms in total. The van der Waals surface area contributed by atoms with Gasteiger partial charge in [-0.3, -0.25) is 9.48 Å². The van der Waals surface area contributed by atoms with Gasteiger partial charge in [-0.1, -0.05) is 0 Å². The molecule has 21 heavy (non-hydrogen) atoms. The fraction of sp³-hybridized carbons (Fsp3) is 0.786. The van der Waals surface area contributed by atoms with Crippen LogP contribution < -0.4 is 0 Å². The molecule has 1 aromatic heterocycles. The van der Waals surface area contributed by atoms with Crippen molar-refractivity contribution >= 4 is 5.91 Å². The first-order valence-corrected chi connectivity index (χ1v) is 7.46. The van der Waals surface area contributed by atoms with Gasteiger partial charge in [0, 0.05) is 45.1 Å². The van der Waals surface area contributed by atoms with E-state index in [4.69, 9.17) is 0 Å². The molecule has 1 aromatic rings. The summed E-state index contributed by atoms with van der Waals surface area (Å²) in [6.07, 6.45) is 4.45. The first kappa shape index (κ1) is 15.9. The van der Waals surface area contributed by atoms with E-state index < -0.39 is 0 Å². The van der Waals surface area contributed by atoms with Crippen LogP contribution in [0.25, 0.3) is 0 Å². The third-order valence-electron chi connectivity index (χ3n) is 4.01. The van der Waals surface area contributed by atoms with Crippen LogP contribution in [0.15, 0.2) is 12.7 Å². The number of rotatable bonds is 7. The second kappa shape index (κ2) is 7.51. The number of amides is 1. The number of aliphatic hydroxyl groups excluding tert-OH is 1. The Hall–Kier alpha value is -1.47. The lowest BCUT2D eigenvalue weighted by Crippen LogP contribution is -2.30. The molecule has 2 rings (SSSR count). The van der Waals surface area contributed by atoms with E-state index in [2.05, 4.69) is 15.0 Å². The summed E-state index contributed by atoms with van der Waals surface area (Å²) in [5, 5.41) is 13.5. The summed E-state index contributed by atoms with van der Waals surface area (Å²) >= 11 is 0. The predicted molar refractivity (Wildman–Crippen MR) is 78.5 cm³/mol. The van der Waals surface area contributed by atoms with Crippen molar-refractivity contribution in [1.29, 1.82) is 0 Å². The SMILES string of the molecule is CN(C)CC1CN(C(=O)CCCn2cncn2)CC1CO. The molecule has 0 aliphatic carbocycles. The minimum atomic E-state index is 0.154. The molecule has 0 spiro atoms. The zero-order chi connectivity index (χ0) is 15.2. The highest BCUT2D eigenvalue weighted by molar-refractivity contribution is 5.76. The first-order chi connectivity index (χ1) is 10.1. The number of hydrogen-bond acceptors (Lipinski definition) is 5. The number of aromatic nitrogens is 3. The maximum Gasteiger partial charge on any atom is 0.222 e. The second-order valence-corrected chi connectivity index (χ2v) is 6.03. The second-order valence-electron chi connectivity index (χ2n) is 6.03. The lowest BCUT2D eigenvalue weighted by molar-refractivity contribution is -0.130. The van der Waals surface area contributed by atoms with Crippen LogP contribution in [0, 0.1) is 11.8 Å². The largest absolute Gasteiger partial charge is 0.396 e. The van der Waals surface area contributed by atoms with Gasteiger partial charge in [-0.25, -0.2) is 4.98 Å². The maximum absolute atomic E-state index is 12.3. The molecular weight excluding hydrogens is 270 g/mol. The molecule has 0 bridgehead atoms. The number of aryl methyl sites for hydroxylation is 1.